The number of nitrogens with one attached hydrogen (secondary N) is 2. The molecule has 0 radical (unpaired) electrons. The highest BCUT2D eigenvalue weighted by atomic mass is 32.2. The lowest BCUT2D eigenvalue weighted by Crippen LogP contribution is -2.24. The van der Waals surface area contributed by atoms with E-state index in [4.69, 9.17) is 5.73 Å². The van der Waals surface area contributed by atoms with Gasteiger partial charge >= 0.3 is 0 Å². The zero-order chi connectivity index (χ0) is 19.2. The van der Waals surface area contributed by atoms with E-state index < -0.39 is 10.0 Å². The third kappa shape index (κ3) is 4.83. The molecule has 0 spiro atoms. The molecule has 6 nitrogen and oxygen atoms in total. The number of rotatable bonds is 7. The number of anilines is 1. The molecule has 2 aromatic carbocycles. The third-order valence-electron chi connectivity index (χ3n) is 4.19. The second kappa shape index (κ2) is 8.82. The molecule has 140 valence electrons. The molecular weight excluding hydrogens is 348 g/mol. The molecule has 7 heteroatoms. The first kappa shape index (κ1) is 19.9. The molecule has 0 fully saturated rings. The average Bonchev–Trinajstić information content (AvgIpc) is 2.66. The summed E-state index contributed by atoms with van der Waals surface area (Å²) in [6.45, 7) is 4.58. The maximum atomic E-state index is 11.7. The Balaban J connectivity index is 2.12. The third-order valence-corrected chi connectivity index (χ3v) is 5.62. The summed E-state index contributed by atoms with van der Waals surface area (Å²) in [5.74, 6) is 0.340. The van der Waals surface area contributed by atoms with Gasteiger partial charge < -0.3 is 11.1 Å². The van der Waals surface area contributed by atoms with Gasteiger partial charge in [0, 0.05) is 5.69 Å². The lowest BCUT2D eigenvalue weighted by atomic mass is 10.0. The number of benzene rings is 2. The second-order valence-corrected chi connectivity index (χ2v) is 7.72. The Labute approximate surface area is 155 Å². The number of hydrogen-bond donors (Lipinski definition) is 3. The van der Waals surface area contributed by atoms with E-state index in [1.54, 1.807) is 24.3 Å². The van der Waals surface area contributed by atoms with E-state index in [9.17, 15) is 8.42 Å². The van der Waals surface area contributed by atoms with Crippen LogP contribution in [0.15, 0.2) is 52.4 Å². The van der Waals surface area contributed by atoms with Crippen LogP contribution in [-0.4, -0.2) is 21.4 Å². The van der Waals surface area contributed by atoms with Crippen LogP contribution in [0, 0.1) is 0 Å². The van der Waals surface area contributed by atoms with Crippen molar-refractivity contribution in [3.63, 3.8) is 0 Å². The van der Waals surface area contributed by atoms with Crippen molar-refractivity contribution in [1.29, 1.82) is 0 Å². The lowest BCUT2D eigenvalue weighted by molar-refractivity contribution is 0.588. The molecule has 2 aromatic rings. The molecule has 0 aliphatic heterocycles. The lowest BCUT2D eigenvalue weighted by Gasteiger charge is -2.14. The van der Waals surface area contributed by atoms with Crippen LogP contribution in [-0.2, 0) is 29.4 Å². The van der Waals surface area contributed by atoms with Gasteiger partial charge in [0.2, 0.25) is 10.0 Å². The second-order valence-electron chi connectivity index (χ2n) is 5.84. The summed E-state index contributed by atoms with van der Waals surface area (Å²) in [6, 6.07) is 12.8. The highest BCUT2D eigenvalue weighted by Crippen LogP contribution is 2.22. The van der Waals surface area contributed by atoms with Crippen LogP contribution in [0.2, 0.25) is 0 Å². The molecule has 0 heterocycles. The minimum atomic E-state index is -3.43. The molecule has 4 N–H and O–H groups in total. The molecule has 0 atom stereocenters. The molecule has 0 unspecified atom stereocenters. The maximum Gasteiger partial charge on any atom is 0.240 e. The van der Waals surface area contributed by atoms with E-state index in [1.807, 2.05) is 0 Å². The van der Waals surface area contributed by atoms with Crippen molar-refractivity contribution >= 4 is 21.7 Å². The molecule has 2 rings (SSSR count). The Kier molecular flexibility index (Phi) is 6.76. The monoisotopic (exact) mass is 374 g/mol. The minimum absolute atomic E-state index is 0.225. The van der Waals surface area contributed by atoms with Crippen LogP contribution >= 0.6 is 0 Å². The molecule has 0 aromatic heterocycles. The van der Waals surface area contributed by atoms with Crippen molar-refractivity contribution in [3.8, 4) is 0 Å². The molecule has 0 saturated carbocycles. The fourth-order valence-electron chi connectivity index (χ4n) is 2.64. The van der Waals surface area contributed by atoms with E-state index >= 15 is 0 Å². The van der Waals surface area contributed by atoms with E-state index in [-0.39, 0.29) is 4.90 Å². The van der Waals surface area contributed by atoms with Crippen LogP contribution < -0.4 is 15.8 Å². The normalized spacial score (nSPS) is 12.2. The predicted octanol–water partition coefficient (Wildman–Crippen LogP) is 2.65. The molecule has 0 amide bonds. The van der Waals surface area contributed by atoms with Gasteiger partial charge in [-0.2, -0.15) is 0 Å². The Morgan fingerprint density at radius 1 is 1.04 bits per heavy atom. The fraction of sp³-hybridized carbons (Fsp3) is 0.316. The fourth-order valence-corrected chi connectivity index (χ4v) is 3.37. The van der Waals surface area contributed by atoms with Crippen molar-refractivity contribution in [1.82, 2.24) is 4.72 Å². The summed E-state index contributed by atoms with van der Waals surface area (Å²) < 4.78 is 25.8. The number of para-hydroxylation sites is 1. The van der Waals surface area contributed by atoms with E-state index in [2.05, 4.69) is 47.1 Å². The number of nitrogens with two attached hydrogens (primary N) is 1. The maximum absolute atomic E-state index is 11.7. The first-order valence-electron chi connectivity index (χ1n) is 8.61. The number of aryl methyl sites for hydroxylation is 2. The SMILES string of the molecule is CCc1cccc(CC)c1NC(N)=NCc1ccc(S(=O)(=O)NC)cc1. The van der Waals surface area contributed by atoms with Crippen molar-refractivity contribution in [3.05, 3.63) is 59.2 Å². The van der Waals surface area contributed by atoms with Gasteiger partial charge in [0.1, 0.15) is 0 Å². The number of nitrogens with zero attached hydrogens (tertiary/aromatic N) is 1. The van der Waals surface area contributed by atoms with Gasteiger partial charge in [-0.25, -0.2) is 18.1 Å². The van der Waals surface area contributed by atoms with Gasteiger partial charge in [-0.1, -0.05) is 44.2 Å². The van der Waals surface area contributed by atoms with Crippen molar-refractivity contribution < 1.29 is 8.42 Å². The van der Waals surface area contributed by atoms with Gasteiger partial charge in [0.05, 0.1) is 11.4 Å². The van der Waals surface area contributed by atoms with Crippen LogP contribution in [0.5, 0.6) is 0 Å². The molecule has 0 aliphatic rings. The number of hydrogen-bond acceptors (Lipinski definition) is 3. The zero-order valence-corrected chi connectivity index (χ0v) is 16.2. The first-order chi connectivity index (χ1) is 12.4. The quantitative estimate of drug-likeness (QED) is 0.513. The largest absolute Gasteiger partial charge is 0.370 e. The Morgan fingerprint density at radius 2 is 1.62 bits per heavy atom. The van der Waals surface area contributed by atoms with Crippen molar-refractivity contribution in [2.45, 2.75) is 38.1 Å². The van der Waals surface area contributed by atoms with Crippen LogP contribution in [0.25, 0.3) is 0 Å². The van der Waals surface area contributed by atoms with Crippen LogP contribution in [0.4, 0.5) is 5.69 Å². The smallest absolute Gasteiger partial charge is 0.240 e. The predicted molar refractivity (Wildman–Crippen MR) is 107 cm³/mol. The Hall–Kier alpha value is -2.38. The standard InChI is InChI=1S/C19H26N4O2S/c1-4-15-7-6-8-16(5-2)18(15)23-19(20)22-13-14-9-11-17(12-10-14)26(24,25)21-3/h6-12,21H,4-5,13H2,1-3H3,(H3,20,22,23). The summed E-state index contributed by atoms with van der Waals surface area (Å²) in [4.78, 5) is 4.60. The average molecular weight is 375 g/mol. The van der Waals surface area contributed by atoms with Crippen LogP contribution in [0.1, 0.15) is 30.5 Å². The summed E-state index contributed by atoms with van der Waals surface area (Å²) in [5, 5.41) is 3.22. The van der Waals surface area contributed by atoms with Gasteiger partial charge in [-0.3, -0.25) is 0 Å². The number of aliphatic imine (C=N–C) groups is 1. The van der Waals surface area contributed by atoms with Gasteiger partial charge in [0.25, 0.3) is 0 Å². The van der Waals surface area contributed by atoms with Crippen molar-refractivity contribution in [2.24, 2.45) is 10.7 Å². The summed E-state index contributed by atoms with van der Waals surface area (Å²) in [6.07, 6.45) is 1.82. The summed E-state index contributed by atoms with van der Waals surface area (Å²) >= 11 is 0. The van der Waals surface area contributed by atoms with Crippen molar-refractivity contribution in [2.75, 3.05) is 12.4 Å². The zero-order valence-electron chi connectivity index (χ0n) is 15.4. The first-order valence-corrected chi connectivity index (χ1v) is 10.1. The minimum Gasteiger partial charge on any atom is -0.370 e. The van der Waals surface area contributed by atoms with Gasteiger partial charge in [-0.15, -0.1) is 0 Å². The highest BCUT2D eigenvalue weighted by Gasteiger charge is 2.10. The summed E-state index contributed by atoms with van der Waals surface area (Å²) in [5.41, 5.74) is 10.4. The molecule has 26 heavy (non-hydrogen) atoms. The Bertz CT molecular complexity index is 853. The molecular formula is C19H26N4O2S. The summed E-state index contributed by atoms with van der Waals surface area (Å²) in [7, 11) is -2.04. The molecule has 0 bridgehead atoms. The van der Waals surface area contributed by atoms with E-state index in [0.717, 1.165) is 24.1 Å². The van der Waals surface area contributed by atoms with Gasteiger partial charge in [-0.05, 0) is 48.7 Å². The van der Waals surface area contributed by atoms with Gasteiger partial charge in [0.15, 0.2) is 5.96 Å². The number of sulfonamides is 1. The Morgan fingerprint density at radius 3 is 2.12 bits per heavy atom. The van der Waals surface area contributed by atoms with E-state index in [1.165, 1.54) is 18.2 Å². The topological polar surface area (TPSA) is 96.6 Å². The van der Waals surface area contributed by atoms with Crippen LogP contribution in [0.3, 0.4) is 0 Å². The number of guanidine groups is 1. The van der Waals surface area contributed by atoms with E-state index in [0.29, 0.717) is 12.5 Å². The highest BCUT2D eigenvalue weighted by molar-refractivity contribution is 7.89. The molecule has 0 aliphatic carbocycles. The molecule has 0 saturated heterocycles.